The van der Waals surface area contributed by atoms with Crippen LogP contribution in [-0.2, 0) is 5.41 Å². The van der Waals surface area contributed by atoms with Crippen molar-refractivity contribution in [3.05, 3.63) is 218 Å². The molecule has 0 fully saturated rings. The minimum absolute atomic E-state index is 0.0305. The number of hydrogen-bond acceptors (Lipinski definition) is 0. The second-order valence-electron chi connectivity index (χ2n) is 17.5. The topological polar surface area (TPSA) is 0 Å². The van der Waals surface area contributed by atoms with E-state index in [9.17, 15) is 8.22 Å². The number of hydrogen-bond donors (Lipinski definition) is 0. The second kappa shape index (κ2) is 14.0. The molecule has 0 bridgehead atoms. The van der Waals surface area contributed by atoms with Crippen molar-refractivity contribution in [2.75, 3.05) is 0 Å². The molecule has 0 saturated heterocycles. The standard InChI is InChI=1S/C62H44/c1-62(2,3)49-32-33-56-57(38-49)61(48-29-25-40-15-5-7-17-42(40)35-48)55-23-13-12-22-54(55)60(56)47-31-27-43-36-46(30-26-44(43)37-47)59-52-20-10-8-18-50(52)58(51-19-9-11-21-53(51)59)45-28-24-39-14-4-6-16-41(39)34-45/h4-38H,1-3H3/i26D,27D,30D,31D,36D,37D. The van der Waals surface area contributed by atoms with Gasteiger partial charge in [-0.3, -0.25) is 0 Å². The highest BCUT2D eigenvalue weighted by atomic mass is 14.3. The number of benzene rings is 12. The largest absolute Gasteiger partial charge is 0.0636 e. The quantitative estimate of drug-likeness (QED) is 0.156. The minimum Gasteiger partial charge on any atom is -0.0616 e. The normalized spacial score (nSPS) is 13.5. The van der Waals surface area contributed by atoms with Crippen molar-refractivity contribution >= 4 is 75.4 Å². The van der Waals surface area contributed by atoms with Crippen molar-refractivity contribution in [2.45, 2.75) is 26.2 Å². The summed E-state index contributed by atoms with van der Waals surface area (Å²) in [7, 11) is 0. The van der Waals surface area contributed by atoms with E-state index in [1.165, 1.54) is 0 Å². The summed E-state index contributed by atoms with van der Waals surface area (Å²) in [4.78, 5) is 0. The first-order valence-electron chi connectivity index (χ1n) is 24.4. The molecule has 0 saturated carbocycles. The van der Waals surface area contributed by atoms with Crippen molar-refractivity contribution < 1.29 is 8.22 Å². The lowest BCUT2D eigenvalue weighted by atomic mass is 9.81. The maximum atomic E-state index is 10.1. The third-order valence-corrected chi connectivity index (χ3v) is 12.8. The Morgan fingerprint density at radius 1 is 0.290 bits per heavy atom. The third kappa shape index (κ3) is 5.82. The summed E-state index contributed by atoms with van der Waals surface area (Å²) in [6.45, 7) is 6.57. The van der Waals surface area contributed by atoms with Crippen molar-refractivity contribution in [1.29, 1.82) is 0 Å². The van der Waals surface area contributed by atoms with Gasteiger partial charge in [0.2, 0.25) is 0 Å². The molecule has 0 nitrogen and oxygen atoms in total. The van der Waals surface area contributed by atoms with Crippen molar-refractivity contribution in [2.24, 2.45) is 0 Å². The highest BCUT2D eigenvalue weighted by molar-refractivity contribution is 6.24. The zero-order chi connectivity index (χ0) is 46.7. The van der Waals surface area contributed by atoms with E-state index < -0.39 is 0 Å². The summed E-state index contributed by atoms with van der Waals surface area (Å²) >= 11 is 0. The second-order valence-corrected chi connectivity index (χ2v) is 17.5. The Kier molecular flexibility index (Phi) is 6.89. The van der Waals surface area contributed by atoms with Gasteiger partial charge in [0, 0.05) is 0 Å². The average Bonchev–Trinajstić information content (AvgIpc) is 3.35. The molecule has 12 aromatic carbocycles. The van der Waals surface area contributed by atoms with Crippen LogP contribution in [0.5, 0.6) is 0 Å². The maximum absolute atomic E-state index is 10.1. The summed E-state index contributed by atoms with van der Waals surface area (Å²) in [5.74, 6) is 0. The maximum Gasteiger partial charge on any atom is 0.0636 e. The first-order chi connectivity index (χ1) is 32.9. The van der Waals surface area contributed by atoms with Crippen molar-refractivity contribution in [3.63, 3.8) is 0 Å². The zero-order valence-electron chi connectivity index (χ0n) is 40.7. The van der Waals surface area contributed by atoms with Gasteiger partial charge in [-0.2, -0.15) is 0 Å². The molecule has 12 rings (SSSR count). The van der Waals surface area contributed by atoms with Crippen LogP contribution in [0.2, 0.25) is 0 Å². The molecule has 62 heavy (non-hydrogen) atoms. The Morgan fingerprint density at radius 2 is 0.645 bits per heavy atom. The molecule has 0 amide bonds. The molecule has 0 aromatic heterocycles. The van der Waals surface area contributed by atoms with Gasteiger partial charge >= 0.3 is 0 Å². The van der Waals surface area contributed by atoms with Gasteiger partial charge < -0.3 is 0 Å². The lowest BCUT2D eigenvalue weighted by Gasteiger charge is -2.23. The molecule has 0 radical (unpaired) electrons. The van der Waals surface area contributed by atoms with Gasteiger partial charge in [0.05, 0.1) is 8.22 Å². The fourth-order valence-electron chi connectivity index (χ4n) is 9.75. The van der Waals surface area contributed by atoms with E-state index in [-0.39, 0.29) is 63.6 Å². The van der Waals surface area contributed by atoms with Gasteiger partial charge in [-0.25, -0.2) is 0 Å². The van der Waals surface area contributed by atoms with Crippen LogP contribution >= 0.6 is 0 Å². The molecule has 0 spiro atoms. The first kappa shape index (κ1) is 30.5. The van der Waals surface area contributed by atoms with Crippen LogP contribution in [0.25, 0.3) is 120 Å². The van der Waals surface area contributed by atoms with Crippen LogP contribution in [0.15, 0.2) is 212 Å². The van der Waals surface area contributed by atoms with E-state index >= 15 is 0 Å². The monoisotopic (exact) mass is 794 g/mol. The van der Waals surface area contributed by atoms with E-state index in [1.807, 2.05) is 78.9 Å². The van der Waals surface area contributed by atoms with Crippen LogP contribution in [-0.4, -0.2) is 0 Å². The van der Waals surface area contributed by atoms with Crippen molar-refractivity contribution in [1.82, 2.24) is 0 Å². The molecule has 0 aliphatic carbocycles. The van der Waals surface area contributed by atoms with Gasteiger partial charge in [0.1, 0.15) is 0 Å². The SMILES string of the molecule is [2H]c1c(-c2c3ccccc3c(-c3ccc4ccccc4c3)c3cc(C(C)(C)C)ccc23)c([2H])c2c([2H])c([2H])c(-c3c4ccccc4c(-c4ccc5ccccc5c4)c4ccccc34)c([2H])c2c1[2H]. The molecular weight excluding hydrogens is 745 g/mol. The summed E-state index contributed by atoms with van der Waals surface area (Å²) in [6.07, 6.45) is 0. The highest BCUT2D eigenvalue weighted by Gasteiger charge is 2.22. The van der Waals surface area contributed by atoms with E-state index in [0.717, 1.165) is 92.5 Å². The van der Waals surface area contributed by atoms with Gasteiger partial charge in [-0.15, -0.1) is 0 Å². The van der Waals surface area contributed by atoms with E-state index in [4.69, 9.17) is 0 Å². The molecule has 0 atom stereocenters. The fourth-order valence-corrected chi connectivity index (χ4v) is 9.75. The predicted molar refractivity (Wildman–Crippen MR) is 269 cm³/mol. The Morgan fingerprint density at radius 3 is 1.06 bits per heavy atom. The van der Waals surface area contributed by atoms with Crippen LogP contribution in [0.1, 0.15) is 34.6 Å². The van der Waals surface area contributed by atoms with E-state index in [2.05, 4.69) is 118 Å². The minimum atomic E-state index is -0.242. The molecule has 0 aliphatic rings. The third-order valence-electron chi connectivity index (χ3n) is 12.8. The average molecular weight is 795 g/mol. The molecule has 0 heterocycles. The van der Waals surface area contributed by atoms with Crippen LogP contribution in [0.3, 0.4) is 0 Å². The lowest BCUT2D eigenvalue weighted by molar-refractivity contribution is 0.591. The Bertz CT molecular complexity index is 4080. The predicted octanol–water partition coefficient (Wildman–Crippen LogP) is 17.7. The van der Waals surface area contributed by atoms with Crippen molar-refractivity contribution in [3.8, 4) is 44.5 Å². The van der Waals surface area contributed by atoms with Gasteiger partial charge in [0.25, 0.3) is 0 Å². The first-order valence-corrected chi connectivity index (χ1v) is 21.4. The van der Waals surface area contributed by atoms with Gasteiger partial charge in [-0.1, -0.05) is 203 Å². The van der Waals surface area contributed by atoms with Crippen LogP contribution in [0.4, 0.5) is 0 Å². The highest BCUT2D eigenvalue weighted by Crippen LogP contribution is 2.47. The number of rotatable bonds is 4. The molecule has 12 aromatic rings. The summed E-state index contributed by atoms with van der Waals surface area (Å²) < 4.78 is 59.5. The smallest absolute Gasteiger partial charge is 0.0616 e. The van der Waals surface area contributed by atoms with Crippen LogP contribution in [0, 0.1) is 0 Å². The molecule has 0 unspecified atom stereocenters. The number of fused-ring (bicyclic) bond motifs is 7. The summed E-state index contributed by atoms with van der Waals surface area (Å²) in [6, 6.07) is 59.1. The molecule has 0 N–H and O–H groups in total. The molecule has 0 heteroatoms. The Hall–Kier alpha value is -7.54. The van der Waals surface area contributed by atoms with Crippen LogP contribution < -0.4 is 0 Å². The molecule has 292 valence electrons. The molecular formula is C62H44. The Labute approximate surface area is 370 Å². The van der Waals surface area contributed by atoms with E-state index in [1.54, 1.807) is 0 Å². The van der Waals surface area contributed by atoms with Gasteiger partial charge in [-0.05, 0) is 161 Å². The zero-order valence-corrected chi connectivity index (χ0v) is 34.7. The summed E-state index contributed by atoms with van der Waals surface area (Å²) in [5.41, 5.74) is 6.80. The lowest BCUT2D eigenvalue weighted by Crippen LogP contribution is -2.10. The van der Waals surface area contributed by atoms with Gasteiger partial charge in [0.15, 0.2) is 0 Å². The Balaban J connectivity index is 1.15. The summed E-state index contributed by atoms with van der Waals surface area (Å²) in [5, 5.41) is 11.6. The fraction of sp³-hybridized carbons (Fsp3) is 0.0645. The van der Waals surface area contributed by atoms with E-state index in [0.29, 0.717) is 11.1 Å². The molecule has 0 aliphatic heterocycles.